The van der Waals surface area contributed by atoms with Gasteiger partial charge in [-0.1, -0.05) is 30.3 Å². The van der Waals surface area contributed by atoms with Crippen molar-refractivity contribution in [3.8, 4) is 16.3 Å². The molecule has 0 fully saturated rings. The number of hydrogen-bond donors (Lipinski definition) is 1. The van der Waals surface area contributed by atoms with Crippen LogP contribution in [0.25, 0.3) is 10.6 Å². The van der Waals surface area contributed by atoms with Gasteiger partial charge >= 0.3 is 0 Å². The summed E-state index contributed by atoms with van der Waals surface area (Å²) in [7, 11) is -3.54. The van der Waals surface area contributed by atoms with Gasteiger partial charge in [0.1, 0.15) is 10.8 Å². The normalized spacial score (nSPS) is 11.5. The molecule has 0 aliphatic heterocycles. The van der Waals surface area contributed by atoms with Crippen LogP contribution in [0.2, 0.25) is 0 Å². The summed E-state index contributed by atoms with van der Waals surface area (Å²) in [5.74, 6) is 0.658. The van der Waals surface area contributed by atoms with Gasteiger partial charge in [-0.25, -0.2) is 18.1 Å². The number of aromatic nitrogens is 1. The predicted molar refractivity (Wildman–Crippen MR) is 109 cm³/mol. The molecule has 7 heteroatoms. The van der Waals surface area contributed by atoms with Crippen LogP contribution in [-0.2, 0) is 16.4 Å². The van der Waals surface area contributed by atoms with Crippen LogP contribution in [0, 0.1) is 6.92 Å². The lowest BCUT2D eigenvalue weighted by atomic mass is 10.2. The predicted octanol–water partition coefficient (Wildman–Crippen LogP) is 4.04. The zero-order valence-electron chi connectivity index (χ0n) is 15.3. The van der Waals surface area contributed by atoms with E-state index in [1.54, 1.807) is 35.6 Å². The summed E-state index contributed by atoms with van der Waals surface area (Å²) in [6, 6.07) is 16.4. The lowest BCUT2D eigenvalue weighted by Gasteiger charge is -2.08. The molecule has 0 amide bonds. The Morgan fingerprint density at radius 2 is 1.78 bits per heavy atom. The summed E-state index contributed by atoms with van der Waals surface area (Å²) in [4.78, 5) is 5.93. The molecule has 1 N–H and O–H groups in total. The van der Waals surface area contributed by atoms with Crippen LogP contribution in [0.5, 0.6) is 5.75 Å². The maximum atomic E-state index is 12.4. The van der Waals surface area contributed by atoms with Crippen LogP contribution in [0.15, 0.2) is 59.5 Å². The Bertz CT molecular complexity index is 982. The Morgan fingerprint density at radius 1 is 1.07 bits per heavy atom. The van der Waals surface area contributed by atoms with Crippen molar-refractivity contribution in [1.82, 2.24) is 9.71 Å². The van der Waals surface area contributed by atoms with Crippen LogP contribution in [0.1, 0.15) is 17.5 Å². The van der Waals surface area contributed by atoms with Gasteiger partial charge < -0.3 is 4.74 Å². The Labute approximate surface area is 164 Å². The zero-order valence-corrected chi connectivity index (χ0v) is 16.9. The molecule has 0 bridgehead atoms. The standard InChI is InChI=1S/C20H22N2O3S2/c1-3-25-17-9-11-18(12-10-17)27(23,24)21-14-13-19-15(2)22-20(26-19)16-7-5-4-6-8-16/h4-12,21H,3,13-14H2,1-2H3. The second-order valence-electron chi connectivity index (χ2n) is 5.95. The highest BCUT2D eigenvalue weighted by molar-refractivity contribution is 7.89. The molecule has 0 aliphatic rings. The van der Waals surface area contributed by atoms with E-state index in [1.807, 2.05) is 44.2 Å². The van der Waals surface area contributed by atoms with E-state index in [0.717, 1.165) is 21.1 Å². The number of hydrogen-bond acceptors (Lipinski definition) is 5. The van der Waals surface area contributed by atoms with E-state index in [0.29, 0.717) is 25.3 Å². The minimum atomic E-state index is -3.54. The zero-order chi connectivity index (χ0) is 19.3. The molecule has 0 unspecified atom stereocenters. The highest BCUT2D eigenvalue weighted by Gasteiger charge is 2.15. The van der Waals surface area contributed by atoms with Crippen LogP contribution in [-0.4, -0.2) is 26.6 Å². The minimum Gasteiger partial charge on any atom is -0.494 e. The monoisotopic (exact) mass is 402 g/mol. The smallest absolute Gasteiger partial charge is 0.240 e. The Hall–Kier alpha value is -2.22. The summed E-state index contributed by atoms with van der Waals surface area (Å²) in [5, 5.41) is 0.956. The van der Waals surface area contributed by atoms with Crippen molar-refractivity contribution in [3.63, 3.8) is 0 Å². The van der Waals surface area contributed by atoms with Gasteiger partial charge in [-0.15, -0.1) is 11.3 Å². The molecule has 27 heavy (non-hydrogen) atoms. The molecule has 3 rings (SSSR count). The van der Waals surface area contributed by atoms with E-state index < -0.39 is 10.0 Å². The van der Waals surface area contributed by atoms with Crippen molar-refractivity contribution in [1.29, 1.82) is 0 Å². The van der Waals surface area contributed by atoms with Gasteiger partial charge in [-0.05, 0) is 44.5 Å². The number of benzene rings is 2. The average Bonchev–Trinajstić information content (AvgIpc) is 3.04. The first-order valence-electron chi connectivity index (χ1n) is 8.74. The molecular weight excluding hydrogens is 380 g/mol. The van der Waals surface area contributed by atoms with Gasteiger partial charge in [-0.3, -0.25) is 0 Å². The van der Waals surface area contributed by atoms with Crippen molar-refractivity contribution in [2.24, 2.45) is 0 Å². The Morgan fingerprint density at radius 3 is 2.44 bits per heavy atom. The van der Waals surface area contributed by atoms with Crippen molar-refractivity contribution < 1.29 is 13.2 Å². The fourth-order valence-corrected chi connectivity index (χ4v) is 4.73. The van der Waals surface area contributed by atoms with E-state index in [4.69, 9.17) is 4.74 Å². The highest BCUT2D eigenvalue weighted by atomic mass is 32.2. The third kappa shape index (κ3) is 4.94. The van der Waals surface area contributed by atoms with Crippen LogP contribution < -0.4 is 9.46 Å². The third-order valence-corrected chi connectivity index (χ3v) is 6.75. The van der Waals surface area contributed by atoms with Crippen LogP contribution >= 0.6 is 11.3 Å². The first kappa shape index (κ1) is 19.5. The molecule has 0 saturated carbocycles. The molecule has 142 valence electrons. The fraction of sp³-hybridized carbons (Fsp3) is 0.250. The van der Waals surface area contributed by atoms with Gasteiger partial charge in [0.25, 0.3) is 0 Å². The number of ether oxygens (including phenoxy) is 1. The molecule has 3 aromatic rings. The van der Waals surface area contributed by atoms with Crippen LogP contribution in [0.4, 0.5) is 0 Å². The topological polar surface area (TPSA) is 68.3 Å². The largest absolute Gasteiger partial charge is 0.494 e. The van der Waals surface area contributed by atoms with Gasteiger partial charge in [0.15, 0.2) is 0 Å². The third-order valence-electron chi connectivity index (χ3n) is 4.00. The summed E-state index contributed by atoms with van der Waals surface area (Å²) in [6.07, 6.45) is 0.604. The average molecular weight is 403 g/mol. The van der Waals surface area contributed by atoms with E-state index in [9.17, 15) is 8.42 Å². The van der Waals surface area contributed by atoms with Gasteiger partial charge in [-0.2, -0.15) is 0 Å². The highest BCUT2D eigenvalue weighted by Crippen LogP contribution is 2.28. The number of thiazole rings is 1. The fourth-order valence-electron chi connectivity index (χ4n) is 2.63. The first-order valence-corrected chi connectivity index (χ1v) is 11.0. The molecule has 0 atom stereocenters. The van der Waals surface area contributed by atoms with Crippen molar-refractivity contribution in [2.45, 2.75) is 25.2 Å². The van der Waals surface area contributed by atoms with Crippen LogP contribution in [0.3, 0.4) is 0 Å². The van der Waals surface area contributed by atoms with Crippen molar-refractivity contribution in [3.05, 3.63) is 65.2 Å². The molecule has 0 saturated heterocycles. The number of sulfonamides is 1. The molecule has 1 heterocycles. The molecular formula is C20H22N2O3S2. The summed E-state index contributed by atoms with van der Waals surface area (Å²) in [5.41, 5.74) is 2.02. The first-order chi connectivity index (χ1) is 13.0. The molecule has 2 aromatic carbocycles. The van der Waals surface area contributed by atoms with Crippen molar-refractivity contribution in [2.75, 3.05) is 13.2 Å². The molecule has 5 nitrogen and oxygen atoms in total. The maximum Gasteiger partial charge on any atom is 0.240 e. The van der Waals surface area contributed by atoms with Crippen molar-refractivity contribution >= 4 is 21.4 Å². The van der Waals surface area contributed by atoms with E-state index in [1.165, 1.54) is 0 Å². The summed E-state index contributed by atoms with van der Waals surface area (Å²) >= 11 is 1.60. The van der Waals surface area contributed by atoms with E-state index in [-0.39, 0.29) is 4.90 Å². The van der Waals surface area contributed by atoms with Gasteiger partial charge in [0.05, 0.1) is 17.2 Å². The second-order valence-corrected chi connectivity index (χ2v) is 8.80. The quantitative estimate of drug-likeness (QED) is 0.617. The number of rotatable bonds is 8. The van der Waals surface area contributed by atoms with Gasteiger partial charge in [0, 0.05) is 17.0 Å². The SMILES string of the molecule is CCOc1ccc(S(=O)(=O)NCCc2sc(-c3ccccc3)nc2C)cc1. The molecule has 0 aliphatic carbocycles. The second kappa shape index (κ2) is 8.65. The number of aryl methyl sites for hydroxylation is 1. The molecule has 0 spiro atoms. The van der Waals surface area contributed by atoms with E-state index in [2.05, 4.69) is 9.71 Å². The summed E-state index contributed by atoms with van der Waals surface area (Å²) in [6.45, 7) is 4.71. The summed E-state index contributed by atoms with van der Waals surface area (Å²) < 4.78 is 32.9. The van der Waals surface area contributed by atoms with E-state index >= 15 is 0 Å². The molecule has 1 aromatic heterocycles. The molecule has 0 radical (unpaired) electrons. The maximum absolute atomic E-state index is 12.4. The Kier molecular flexibility index (Phi) is 6.26. The minimum absolute atomic E-state index is 0.233. The van der Waals surface area contributed by atoms with Gasteiger partial charge in [0.2, 0.25) is 10.0 Å². The lowest BCUT2D eigenvalue weighted by Crippen LogP contribution is -2.25. The lowest BCUT2D eigenvalue weighted by molar-refractivity contribution is 0.340. The number of nitrogens with zero attached hydrogens (tertiary/aromatic N) is 1. The Balaban J connectivity index is 1.63. The number of nitrogens with one attached hydrogen (secondary N) is 1.